The fourth-order valence-electron chi connectivity index (χ4n) is 3.78. The van der Waals surface area contributed by atoms with Gasteiger partial charge in [0.2, 0.25) is 0 Å². The van der Waals surface area contributed by atoms with E-state index in [0.717, 1.165) is 24.2 Å². The molecule has 5 nitrogen and oxygen atoms in total. The summed E-state index contributed by atoms with van der Waals surface area (Å²) >= 11 is 6.31. The number of hydrogen-bond donors (Lipinski definition) is 0. The van der Waals surface area contributed by atoms with Crippen LogP contribution in [0.3, 0.4) is 0 Å². The van der Waals surface area contributed by atoms with Gasteiger partial charge in [0.1, 0.15) is 5.75 Å². The molecule has 168 valence electrons. The average Bonchev–Trinajstić information content (AvgIpc) is 3.12. The van der Waals surface area contributed by atoms with Crippen LogP contribution < -0.4 is 4.74 Å². The van der Waals surface area contributed by atoms with E-state index in [0.29, 0.717) is 23.6 Å². The largest absolute Gasteiger partial charge is 0.494 e. The van der Waals surface area contributed by atoms with E-state index in [1.165, 1.54) is 12.8 Å². The van der Waals surface area contributed by atoms with Gasteiger partial charge in [0.05, 0.1) is 18.1 Å². The van der Waals surface area contributed by atoms with Gasteiger partial charge >= 0.3 is 0 Å². The zero-order valence-corrected chi connectivity index (χ0v) is 19.5. The second-order valence-electron chi connectivity index (χ2n) is 8.01. The van der Waals surface area contributed by atoms with Crippen molar-refractivity contribution in [2.75, 3.05) is 18.1 Å². The summed E-state index contributed by atoms with van der Waals surface area (Å²) in [5.74, 6) is 0.627. The van der Waals surface area contributed by atoms with Gasteiger partial charge in [-0.2, -0.15) is 0 Å². The molecule has 2 aromatic rings. The van der Waals surface area contributed by atoms with Crippen molar-refractivity contribution in [2.24, 2.45) is 0 Å². The number of rotatable bonds is 10. The van der Waals surface area contributed by atoms with Gasteiger partial charge in [0.25, 0.3) is 5.91 Å². The summed E-state index contributed by atoms with van der Waals surface area (Å²) in [5, 5.41) is 0.563. The maximum Gasteiger partial charge on any atom is 0.254 e. The van der Waals surface area contributed by atoms with E-state index in [4.69, 9.17) is 16.3 Å². The Balaban J connectivity index is 1.72. The highest BCUT2D eigenvalue weighted by atomic mass is 35.5. The molecule has 7 heteroatoms. The Morgan fingerprint density at radius 1 is 1.10 bits per heavy atom. The van der Waals surface area contributed by atoms with E-state index in [1.54, 1.807) is 35.2 Å². The third-order valence-electron chi connectivity index (χ3n) is 5.58. The van der Waals surface area contributed by atoms with E-state index in [2.05, 4.69) is 6.92 Å². The first-order valence-corrected chi connectivity index (χ1v) is 13.1. The summed E-state index contributed by atoms with van der Waals surface area (Å²) in [4.78, 5) is 15.0. The van der Waals surface area contributed by atoms with E-state index in [9.17, 15) is 13.2 Å². The zero-order valence-electron chi connectivity index (χ0n) is 17.9. The Hall–Kier alpha value is -2.05. The highest BCUT2D eigenvalue weighted by molar-refractivity contribution is 7.91. The number of halogens is 1. The highest BCUT2D eigenvalue weighted by Gasteiger charge is 2.35. The van der Waals surface area contributed by atoms with Gasteiger partial charge in [0.15, 0.2) is 9.84 Å². The van der Waals surface area contributed by atoms with Gasteiger partial charge in [-0.05, 0) is 48.7 Å². The summed E-state index contributed by atoms with van der Waals surface area (Å²) in [6.45, 7) is 3.10. The van der Waals surface area contributed by atoms with Crippen molar-refractivity contribution >= 4 is 27.3 Å². The average molecular weight is 464 g/mol. The molecule has 0 spiro atoms. The van der Waals surface area contributed by atoms with E-state index >= 15 is 0 Å². The molecule has 1 saturated heterocycles. The molecule has 0 bridgehead atoms. The first-order valence-electron chi connectivity index (χ1n) is 10.9. The van der Waals surface area contributed by atoms with Crippen molar-refractivity contribution in [1.29, 1.82) is 0 Å². The van der Waals surface area contributed by atoms with E-state index in [-0.39, 0.29) is 30.0 Å². The van der Waals surface area contributed by atoms with Crippen molar-refractivity contribution in [3.63, 3.8) is 0 Å². The number of carbonyl (C=O) groups is 1. The van der Waals surface area contributed by atoms with Crippen molar-refractivity contribution in [3.05, 3.63) is 64.7 Å². The van der Waals surface area contributed by atoms with Crippen molar-refractivity contribution in [2.45, 2.75) is 51.6 Å². The summed E-state index contributed by atoms with van der Waals surface area (Å²) < 4.78 is 29.9. The topological polar surface area (TPSA) is 63.7 Å². The maximum atomic E-state index is 13.3. The first-order chi connectivity index (χ1) is 14.9. The summed E-state index contributed by atoms with van der Waals surface area (Å²) in [6.07, 6.45) is 4.99. The zero-order chi connectivity index (χ0) is 22.3. The fourth-order valence-corrected chi connectivity index (χ4v) is 5.70. The molecule has 0 aromatic heterocycles. The van der Waals surface area contributed by atoms with Gasteiger partial charge in [-0.1, -0.05) is 56.0 Å². The Kier molecular flexibility index (Phi) is 8.38. The molecule has 1 heterocycles. The fraction of sp³-hybridized carbons (Fsp3) is 0.458. The minimum Gasteiger partial charge on any atom is -0.494 e. The highest BCUT2D eigenvalue weighted by Crippen LogP contribution is 2.25. The van der Waals surface area contributed by atoms with Crippen LogP contribution in [0.2, 0.25) is 5.02 Å². The van der Waals surface area contributed by atoms with Gasteiger partial charge in [-0.15, -0.1) is 0 Å². The lowest BCUT2D eigenvalue weighted by atomic mass is 10.1. The number of carbonyl (C=O) groups excluding carboxylic acids is 1. The summed E-state index contributed by atoms with van der Waals surface area (Å²) in [6, 6.07) is 14.1. The molecule has 1 aliphatic rings. The predicted molar refractivity (Wildman–Crippen MR) is 124 cm³/mol. The molecular weight excluding hydrogens is 434 g/mol. The molecule has 0 N–H and O–H groups in total. The molecule has 0 radical (unpaired) electrons. The third-order valence-corrected chi connectivity index (χ3v) is 7.70. The number of ether oxygens (including phenoxy) is 1. The normalized spacial score (nSPS) is 17.4. The summed E-state index contributed by atoms with van der Waals surface area (Å²) in [5.41, 5.74) is 1.31. The SMILES string of the molecule is CCCCCCOc1ccc(C(=O)N(Cc2ccccc2Cl)C2CCS(=O)(=O)C2)cc1. The van der Waals surface area contributed by atoms with Crippen molar-refractivity contribution < 1.29 is 17.9 Å². The van der Waals surface area contributed by atoms with Crippen LogP contribution in [-0.2, 0) is 16.4 Å². The minimum absolute atomic E-state index is 0.0118. The first kappa shape index (κ1) is 23.6. The number of unbranched alkanes of at least 4 members (excludes halogenated alkanes) is 3. The number of benzene rings is 2. The predicted octanol–water partition coefficient (Wildman–Crippen LogP) is 5.13. The molecule has 31 heavy (non-hydrogen) atoms. The Morgan fingerprint density at radius 3 is 2.48 bits per heavy atom. The van der Waals surface area contributed by atoms with Crippen LogP contribution in [-0.4, -0.2) is 43.4 Å². The summed E-state index contributed by atoms with van der Waals surface area (Å²) in [7, 11) is -3.13. The number of sulfone groups is 1. The molecule has 1 aliphatic heterocycles. The minimum atomic E-state index is -3.13. The maximum absolute atomic E-state index is 13.3. The number of hydrogen-bond acceptors (Lipinski definition) is 4. The quantitative estimate of drug-likeness (QED) is 0.458. The standard InChI is InChI=1S/C24H30ClNO4S/c1-2-3-4-7-15-30-22-12-10-19(11-13-22)24(27)26(21-14-16-31(28,29)18-21)17-20-8-5-6-9-23(20)25/h5-6,8-13,21H,2-4,7,14-18H2,1H3. The van der Waals surface area contributed by atoms with Crippen molar-refractivity contribution in [1.82, 2.24) is 4.90 Å². The van der Waals surface area contributed by atoms with Gasteiger partial charge < -0.3 is 9.64 Å². The molecule has 1 unspecified atom stereocenters. The van der Waals surface area contributed by atoms with E-state index in [1.807, 2.05) is 18.2 Å². The molecule has 1 amide bonds. The van der Waals surface area contributed by atoms with Crippen LogP contribution >= 0.6 is 11.6 Å². The van der Waals surface area contributed by atoms with Crippen LogP contribution in [0, 0.1) is 0 Å². The second-order valence-corrected chi connectivity index (χ2v) is 10.7. The second kappa shape index (κ2) is 11.0. The van der Waals surface area contributed by atoms with Crippen LogP contribution in [0.15, 0.2) is 48.5 Å². The molecule has 3 rings (SSSR count). The number of nitrogens with zero attached hydrogens (tertiary/aromatic N) is 1. The number of amides is 1. The Bertz CT molecular complexity index is 975. The van der Waals surface area contributed by atoms with Gasteiger partial charge in [-0.3, -0.25) is 4.79 Å². The molecule has 1 atom stereocenters. The van der Waals surface area contributed by atoms with Crippen LogP contribution in [0.1, 0.15) is 54.9 Å². The Labute approximate surface area is 190 Å². The van der Waals surface area contributed by atoms with E-state index < -0.39 is 9.84 Å². The molecular formula is C24H30ClNO4S. The van der Waals surface area contributed by atoms with Crippen LogP contribution in [0.5, 0.6) is 5.75 Å². The van der Waals surface area contributed by atoms with Gasteiger partial charge in [0, 0.05) is 23.2 Å². The Morgan fingerprint density at radius 2 is 1.84 bits per heavy atom. The molecule has 0 aliphatic carbocycles. The molecule has 0 saturated carbocycles. The van der Waals surface area contributed by atoms with Gasteiger partial charge in [-0.25, -0.2) is 8.42 Å². The monoisotopic (exact) mass is 463 g/mol. The lowest BCUT2D eigenvalue weighted by molar-refractivity contribution is 0.0681. The van der Waals surface area contributed by atoms with Crippen molar-refractivity contribution in [3.8, 4) is 5.75 Å². The van der Waals surface area contributed by atoms with Crippen LogP contribution in [0.4, 0.5) is 0 Å². The molecule has 1 fully saturated rings. The van der Waals surface area contributed by atoms with Crippen LogP contribution in [0.25, 0.3) is 0 Å². The molecule has 2 aromatic carbocycles. The lowest BCUT2D eigenvalue weighted by Gasteiger charge is -2.29. The smallest absolute Gasteiger partial charge is 0.254 e. The third kappa shape index (κ3) is 6.71. The lowest BCUT2D eigenvalue weighted by Crippen LogP contribution is -2.40.